The number of amides is 1. The Bertz CT molecular complexity index is 740. The fourth-order valence-electron chi connectivity index (χ4n) is 2.28. The molecule has 0 aliphatic carbocycles. The van der Waals surface area contributed by atoms with E-state index in [4.69, 9.17) is 9.47 Å². The maximum atomic E-state index is 12.2. The van der Waals surface area contributed by atoms with Crippen LogP contribution in [0.2, 0.25) is 0 Å². The number of carbonyl (C=O) groups excluding carboxylic acids is 2. The zero-order valence-corrected chi connectivity index (χ0v) is 15.0. The van der Waals surface area contributed by atoms with Crippen LogP contribution in [0.15, 0.2) is 67.3 Å². The molecule has 2 atom stereocenters. The molecule has 0 saturated heterocycles. The molecule has 2 unspecified atom stereocenters. The molecule has 1 N–H and O–H groups in total. The van der Waals surface area contributed by atoms with Crippen LogP contribution < -0.4 is 10.1 Å². The molecule has 2 aromatic rings. The smallest absolute Gasteiger partial charge is 0.338 e. The highest BCUT2D eigenvalue weighted by Crippen LogP contribution is 2.15. The van der Waals surface area contributed by atoms with Gasteiger partial charge in [0.15, 0.2) is 6.10 Å². The fraction of sp³-hybridized carbons (Fsp3) is 0.238. The maximum Gasteiger partial charge on any atom is 0.338 e. The van der Waals surface area contributed by atoms with Crippen LogP contribution in [0.4, 0.5) is 0 Å². The number of benzene rings is 2. The lowest BCUT2D eigenvalue weighted by Gasteiger charge is -2.18. The Morgan fingerprint density at radius 2 is 1.73 bits per heavy atom. The van der Waals surface area contributed by atoms with Crippen LogP contribution in [0, 0.1) is 0 Å². The molecule has 0 saturated carbocycles. The van der Waals surface area contributed by atoms with E-state index in [1.807, 2.05) is 37.3 Å². The first kappa shape index (κ1) is 19.2. The summed E-state index contributed by atoms with van der Waals surface area (Å²) in [6.45, 7) is 7.39. The SMILES string of the molecule is C=CCOc1ccc(C(=O)OC(C)C(=O)NC(C)c2ccccc2)cc1. The second-order valence-corrected chi connectivity index (χ2v) is 5.81. The third-order valence-corrected chi connectivity index (χ3v) is 3.77. The minimum Gasteiger partial charge on any atom is -0.490 e. The molecule has 0 radical (unpaired) electrons. The van der Waals surface area contributed by atoms with E-state index in [0.29, 0.717) is 17.9 Å². The van der Waals surface area contributed by atoms with E-state index in [1.165, 1.54) is 0 Å². The summed E-state index contributed by atoms with van der Waals surface area (Å²) in [6, 6.07) is 15.9. The highest BCUT2D eigenvalue weighted by atomic mass is 16.5. The first-order chi connectivity index (χ1) is 12.5. The molecule has 2 aromatic carbocycles. The summed E-state index contributed by atoms with van der Waals surface area (Å²) in [4.78, 5) is 24.4. The molecule has 0 fully saturated rings. The topological polar surface area (TPSA) is 64.6 Å². The van der Waals surface area contributed by atoms with E-state index in [1.54, 1.807) is 37.3 Å². The summed E-state index contributed by atoms with van der Waals surface area (Å²) in [5.41, 5.74) is 1.33. The van der Waals surface area contributed by atoms with Crippen molar-refractivity contribution in [2.45, 2.75) is 26.0 Å². The van der Waals surface area contributed by atoms with Crippen LogP contribution in [0.1, 0.15) is 35.8 Å². The summed E-state index contributed by atoms with van der Waals surface area (Å²) < 4.78 is 10.6. The molecule has 0 spiro atoms. The monoisotopic (exact) mass is 353 g/mol. The van der Waals surface area contributed by atoms with Gasteiger partial charge in [0.1, 0.15) is 12.4 Å². The van der Waals surface area contributed by atoms with Gasteiger partial charge in [0.05, 0.1) is 11.6 Å². The fourth-order valence-corrected chi connectivity index (χ4v) is 2.28. The van der Waals surface area contributed by atoms with Crippen LogP contribution >= 0.6 is 0 Å². The third kappa shape index (κ3) is 5.48. The molecule has 0 aromatic heterocycles. The predicted octanol–water partition coefficient (Wildman–Crippen LogP) is 3.67. The van der Waals surface area contributed by atoms with Gasteiger partial charge in [-0.05, 0) is 43.7 Å². The first-order valence-electron chi connectivity index (χ1n) is 8.41. The summed E-state index contributed by atoms with van der Waals surface area (Å²) in [7, 11) is 0. The van der Waals surface area contributed by atoms with Crippen molar-refractivity contribution in [3.05, 3.63) is 78.4 Å². The standard InChI is InChI=1S/C21H23NO4/c1-4-14-25-19-12-10-18(11-13-19)21(24)26-16(3)20(23)22-15(2)17-8-6-5-7-9-17/h4-13,15-16H,1,14H2,2-3H3,(H,22,23). The molecule has 1 amide bonds. The Morgan fingerprint density at radius 1 is 1.08 bits per heavy atom. The van der Waals surface area contributed by atoms with Crippen molar-refractivity contribution < 1.29 is 19.1 Å². The van der Waals surface area contributed by atoms with Gasteiger partial charge in [0.25, 0.3) is 5.91 Å². The van der Waals surface area contributed by atoms with Crippen molar-refractivity contribution in [3.63, 3.8) is 0 Å². The number of rotatable bonds is 8. The normalized spacial score (nSPS) is 12.5. The molecule has 0 aliphatic heterocycles. The molecule has 136 valence electrons. The van der Waals surface area contributed by atoms with Crippen LogP contribution in [0.3, 0.4) is 0 Å². The van der Waals surface area contributed by atoms with E-state index < -0.39 is 12.1 Å². The second-order valence-electron chi connectivity index (χ2n) is 5.81. The maximum absolute atomic E-state index is 12.2. The van der Waals surface area contributed by atoms with Gasteiger partial charge in [-0.25, -0.2) is 4.79 Å². The van der Waals surface area contributed by atoms with Gasteiger partial charge in [-0.2, -0.15) is 0 Å². The van der Waals surface area contributed by atoms with Gasteiger partial charge >= 0.3 is 5.97 Å². The average Bonchev–Trinajstić information content (AvgIpc) is 2.67. The number of nitrogens with one attached hydrogen (secondary N) is 1. The quantitative estimate of drug-likeness (QED) is 0.581. The molecule has 2 rings (SSSR count). The largest absolute Gasteiger partial charge is 0.490 e. The Hall–Kier alpha value is -3.08. The summed E-state index contributed by atoms with van der Waals surface area (Å²) in [6.07, 6.45) is 0.740. The molecule has 5 nitrogen and oxygen atoms in total. The Morgan fingerprint density at radius 3 is 2.35 bits per heavy atom. The van der Waals surface area contributed by atoms with Gasteiger partial charge in [-0.3, -0.25) is 4.79 Å². The van der Waals surface area contributed by atoms with Crippen LogP contribution in [0.5, 0.6) is 5.75 Å². The number of carbonyl (C=O) groups is 2. The van der Waals surface area contributed by atoms with Crippen molar-refractivity contribution in [1.29, 1.82) is 0 Å². The van der Waals surface area contributed by atoms with Crippen molar-refractivity contribution in [2.75, 3.05) is 6.61 Å². The Kier molecular flexibility index (Phi) is 6.97. The highest BCUT2D eigenvalue weighted by molar-refractivity contribution is 5.92. The summed E-state index contributed by atoms with van der Waals surface area (Å²) in [5.74, 6) is -0.278. The van der Waals surface area contributed by atoms with Gasteiger partial charge in [0, 0.05) is 0 Å². The van der Waals surface area contributed by atoms with Crippen molar-refractivity contribution in [3.8, 4) is 5.75 Å². The summed E-state index contributed by atoms with van der Waals surface area (Å²) >= 11 is 0. The molecular formula is C21H23NO4. The first-order valence-corrected chi connectivity index (χ1v) is 8.41. The van der Waals surface area contributed by atoms with Crippen molar-refractivity contribution in [1.82, 2.24) is 5.32 Å². The van der Waals surface area contributed by atoms with Crippen LogP contribution in [0.25, 0.3) is 0 Å². The average molecular weight is 353 g/mol. The molecule has 0 aliphatic rings. The van der Waals surface area contributed by atoms with Gasteiger partial charge < -0.3 is 14.8 Å². The van der Waals surface area contributed by atoms with E-state index >= 15 is 0 Å². The highest BCUT2D eigenvalue weighted by Gasteiger charge is 2.20. The molecule has 0 bridgehead atoms. The van der Waals surface area contributed by atoms with E-state index in [9.17, 15) is 9.59 Å². The van der Waals surface area contributed by atoms with Gasteiger partial charge in [-0.15, -0.1) is 0 Å². The zero-order valence-electron chi connectivity index (χ0n) is 15.0. The van der Waals surface area contributed by atoms with E-state index in [0.717, 1.165) is 5.56 Å². The van der Waals surface area contributed by atoms with Crippen LogP contribution in [-0.2, 0) is 9.53 Å². The number of esters is 1. The lowest BCUT2D eigenvalue weighted by atomic mass is 10.1. The minimum absolute atomic E-state index is 0.175. The van der Waals surface area contributed by atoms with Crippen molar-refractivity contribution in [2.24, 2.45) is 0 Å². The molecule has 26 heavy (non-hydrogen) atoms. The second kappa shape index (κ2) is 9.42. The van der Waals surface area contributed by atoms with Gasteiger partial charge in [-0.1, -0.05) is 43.0 Å². The van der Waals surface area contributed by atoms with Gasteiger partial charge in [0.2, 0.25) is 0 Å². The Balaban J connectivity index is 1.89. The van der Waals surface area contributed by atoms with Crippen LogP contribution in [-0.4, -0.2) is 24.6 Å². The lowest BCUT2D eigenvalue weighted by Crippen LogP contribution is -2.37. The minimum atomic E-state index is -0.898. The number of ether oxygens (including phenoxy) is 2. The molecule has 5 heteroatoms. The predicted molar refractivity (Wildman–Crippen MR) is 100 cm³/mol. The third-order valence-electron chi connectivity index (χ3n) is 3.77. The summed E-state index contributed by atoms with van der Waals surface area (Å²) in [5, 5.41) is 2.84. The number of hydrogen-bond donors (Lipinski definition) is 1. The number of hydrogen-bond acceptors (Lipinski definition) is 4. The molecule has 0 heterocycles. The molecular weight excluding hydrogens is 330 g/mol. The van der Waals surface area contributed by atoms with E-state index in [2.05, 4.69) is 11.9 Å². The van der Waals surface area contributed by atoms with Crippen molar-refractivity contribution >= 4 is 11.9 Å². The zero-order chi connectivity index (χ0) is 18.9. The van der Waals surface area contributed by atoms with E-state index in [-0.39, 0.29) is 11.9 Å². The lowest BCUT2D eigenvalue weighted by molar-refractivity contribution is -0.129. The Labute approximate surface area is 153 Å².